The predicted octanol–water partition coefficient (Wildman–Crippen LogP) is 1.43. The van der Waals surface area contributed by atoms with Gasteiger partial charge in [0.25, 0.3) is 0 Å². The molecule has 1 aliphatic heterocycles. The molecule has 0 unspecified atom stereocenters. The van der Waals surface area contributed by atoms with Crippen molar-refractivity contribution in [2.45, 2.75) is 0 Å². The Bertz CT molecular complexity index is 492. The number of benzene rings is 1. The van der Waals surface area contributed by atoms with Crippen molar-refractivity contribution in [3.8, 4) is 0 Å². The topological polar surface area (TPSA) is 67.9 Å². The van der Waals surface area contributed by atoms with Gasteiger partial charge in [0.05, 0.1) is 5.02 Å². The molecule has 15 heavy (non-hydrogen) atoms. The minimum Gasteiger partial charge on any atom is -0.165 e. The number of hydrogen-bond donors (Lipinski definition) is 1. The van der Waals surface area contributed by atoms with Crippen LogP contribution < -0.4 is 10.8 Å². The van der Waals surface area contributed by atoms with Gasteiger partial charge in [-0.2, -0.15) is 8.42 Å². The van der Waals surface area contributed by atoms with Gasteiger partial charge in [-0.1, -0.05) is 28.8 Å². The van der Waals surface area contributed by atoms with Gasteiger partial charge in [0.15, 0.2) is 0 Å². The highest BCUT2D eigenvalue weighted by Crippen LogP contribution is 2.30. The smallest absolute Gasteiger partial charge is 0.165 e. The molecule has 0 bridgehead atoms. The van der Waals surface area contributed by atoms with Crippen LogP contribution in [0.25, 0.3) is 0 Å². The van der Waals surface area contributed by atoms with E-state index in [4.69, 9.17) is 23.2 Å². The largest absolute Gasteiger partial charge is 0.440 e. The first kappa shape index (κ1) is 10.9. The zero-order valence-corrected chi connectivity index (χ0v) is 9.30. The van der Waals surface area contributed by atoms with Crippen LogP contribution in [0, 0.1) is 0 Å². The van der Waals surface area contributed by atoms with E-state index < -0.39 is 10.4 Å². The lowest BCUT2D eigenvalue weighted by atomic mass is 10.3. The maximum absolute atomic E-state index is 10.8. The van der Waals surface area contributed by atoms with E-state index in [0.717, 1.165) is 5.17 Å². The Labute approximate surface area is 95.5 Å². The third kappa shape index (κ3) is 2.33. The van der Waals surface area contributed by atoms with E-state index >= 15 is 0 Å². The van der Waals surface area contributed by atoms with Gasteiger partial charge in [0.2, 0.25) is 0 Å². The van der Waals surface area contributed by atoms with E-state index in [1.165, 1.54) is 18.2 Å². The number of nitrogens with zero attached hydrogens (tertiary/aromatic N) is 1. The third-order valence-electron chi connectivity index (χ3n) is 1.52. The molecule has 1 heterocycles. The quantitative estimate of drug-likeness (QED) is 0.833. The lowest BCUT2D eigenvalue weighted by Crippen LogP contribution is -2.28. The van der Waals surface area contributed by atoms with Crippen LogP contribution in [0.4, 0.5) is 5.69 Å². The second-order valence-corrected chi connectivity index (χ2v) is 4.52. The normalized spacial score (nSPS) is 19.5. The minimum absolute atomic E-state index is 0.218. The number of anilines is 1. The fourth-order valence-electron chi connectivity index (χ4n) is 0.937. The maximum Gasteiger partial charge on any atom is 0.440 e. The summed E-state index contributed by atoms with van der Waals surface area (Å²) in [6, 6.07) is 4.44. The van der Waals surface area contributed by atoms with Crippen molar-refractivity contribution >= 4 is 39.3 Å². The van der Waals surface area contributed by atoms with Crippen molar-refractivity contribution < 1.29 is 17.0 Å². The summed E-state index contributed by atoms with van der Waals surface area (Å²) >= 11 is 11.5. The molecular weight excluding hydrogens is 267 g/mol. The molecule has 2 rings (SSSR count). The number of hydrazine groups is 1. The van der Waals surface area contributed by atoms with Gasteiger partial charge in [-0.3, -0.25) is 0 Å². The van der Waals surface area contributed by atoms with Crippen molar-refractivity contribution in [1.29, 1.82) is 0 Å². The Morgan fingerprint density at radius 2 is 2.07 bits per heavy atom. The first-order valence-electron chi connectivity index (χ1n) is 3.62. The van der Waals surface area contributed by atoms with Gasteiger partial charge >= 0.3 is 10.4 Å². The summed E-state index contributed by atoms with van der Waals surface area (Å²) in [5.74, 6) is 0. The van der Waals surface area contributed by atoms with E-state index in [-0.39, 0.29) is 10.7 Å². The summed E-state index contributed by atoms with van der Waals surface area (Å²) in [6.07, 6.45) is 0. The molecule has 0 amide bonds. The van der Waals surface area contributed by atoms with E-state index in [0.29, 0.717) is 5.02 Å². The Balaban J connectivity index is 2.32. The lowest BCUT2D eigenvalue weighted by Gasteiger charge is -2.12. The molecular formula is C6H4Cl2N2O4S. The van der Waals surface area contributed by atoms with Crippen LogP contribution in [0.15, 0.2) is 18.2 Å². The second kappa shape index (κ2) is 3.78. The molecule has 9 heteroatoms. The van der Waals surface area contributed by atoms with Crippen LogP contribution in [-0.4, -0.2) is 8.42 Å². The van der Waals surface area contributed by atoms with Crippen molar-refractivity contribution in [2.75, 3.05) is 5.17 Å². The van der Waals surface area contributed by atoms with Crippen LogP contribution in [0.5, 0.6) is 0 Å². The minimum atomic E-state index is -4.05. The summed E-state index contributed by atoms with van der Waals surface area (Å²) in [6.45, 7) is 0. The number of hydrogen-bond acceptors (Lipinski definition) is 6. The Morgan fingerprint density at radius 3 is 2.60 bits per heavy atom. The first-order chi connectivity index (χ1) is 6.98. The fraction of sp³-hybridized carbons (Fsp3) is 0. The highest BCUT2D eigenvalue weighted by atomic mass is 35.5. The summed E-state index contributed by atoms with van der Waals surface area (Å²) in [7, 11) is -4.05. The fourth-order valence-corrected chi connectivity index (χ4v) is 1.90. The highest BCUT2D eigenvalue weighted by molar-refractivity contribution is 7.82. The van der Waals surface area contributed by atoms with Gasteiger partial charge in [-0.25, -0.2) is 0 Å². The zero-order valence-electron chi connectivity index (χ0n) is 6.98. The van der Waals surface area contributed by atoms with Crippen LogP contribution in [0.3, 0.4) is 0 Å². The van der Waals surface area contributed by atoms with Crippen molar-refractivity contribution in [3.63, 3.8) is 0 Å². The molecule has 0 aromatic heterocycles. The maximum atomic E-state index is 10.8. The van der Waals surface area contributed by atoms with Gasteiger partial charge in [0.1, 0.15) is 5.69 Å². The summed E-state index contributed by atoms with van der Waals surface area (Å²) in [5.41, 5.74) is 2.28. The van der Waals surface area contributed by atoms with Crippen molar-refractivity contribution in [3.05, 3.63) is 28.2 Å². The summed E-state index contributed by atoms with van der Waals surface area (Å²) in [4.78, 5) is 0. The number of nitrogens with one attached hydrogen (secondary N) is 1. The molecule has 0 saturated carbocycles. The van der Waals surface area contributed by atoms with Crippen molar-refractivity contribution in [2.24, 2.45) is 0 Å². The molecule has 0 atom stereocenters. The predicted molar refractivity (Wildman–Crippen MR) is 53.2 cm³/mol. The van der Waals surface area contributed by atoms with Crippen LogP contribution >= 0.6 is 23.2 Å². The number of halogens is 2. The second-order valence-electron chi connectivity index (χ2n) is 2.55. The molecule has 1 fully saturated rings. The van der Waals surface area contributed by atoms with Gasteiger partial charge < -0.3 is 0 Å². The van der Waals surface area contributed by atoms with E-state index in [1.54, 1.807) is 0 Å². The zero-order chi connectivity index (χ0) is 11.1. The van der Waals surface area contributed by atoms with Gasteiger partial charge in [0, 0.05) is 5.02 Å². The molecule has 1 saturated heterocycles. The Kier molecular flexibility index (Phi) is 2.75. The third-order valence-corrected chi connectivity index (χ3v) is 2.66. The SMILES string of the molecule is O=S1(=O)ONN(c2ccc(Cl)cc2Cl)O1. The molecule has 82 valence electrons. The van der Waals surface area contributed by atoms with Crippen molar-refractivity contribution in [1.82, 2.24) is 5.59 Å². The molecule has 0 aliphatic carbocycles. The molecule has 0 spiro atoms. The first-order valence-corrected chi connectivity index (χ1v) is 5.71. The number of rotatable bonds is 1. The van der Waals surface area contributed by atoms with Gasteiger partial charge in [-0.05, 0) is 18.2 Å². The van der Waals surface area contributed by atoms with Crippen LogP contribution in [0.2, 0.25) is 10.0 Å². The monoisotopic (exact) mass is 270 g/mol. The lowest BCUT2D eigenvalue weighted by molar-refractivity contribution is 0.198. The van der Waals surface area contributed by atoms with E-state index in [9.17, 15) is 8.42 Å². The average molecular weight is 271 g/mol. The average Bonchev–Trinajstić information content (AvgIpc) is 2.46. The van der Waals surface area contributed by atoms with E-state index in [1.807, 2.05) is 5.59 Å². The molecule has 6 nitrogen and oxygen atoms in total. The molecule has 0 radical (unpaired) electrons. The molecule has 1 N–H and O–H groups in total. The van der Waals surface area contributed by atoms with Gasteiger partial charge in [-0.15, -0.1) is 13.7 Å². The Hall–Kier alpha value is -0.570. The highest BCUT2D eigenvalue weighted by Gasteiger charge is 2.30. The Morgan fingerprint density at radius 1 is 1.33 bits per heavy atom. The summed E-state index contributed by atoms with van der Waals surface area (Å²) < 4.78 is 30.1. The standard InChI is InChI=1S/C6H4Cl2N2O4S/c7-4-1-2-6(5(8)3-4)10-9-13-15(11,12)14-10/h1-3,9H. The summed E-state index contributed by atoms with van der Waals surface area (Å²) in [5, 5.41) is 1.41. The van der Waals surface area contributed by atoms with Crippen LogP contribution in [-0.2, 0) is 19.0 Å². The van der Waals surface area contributed by atoms with E-state index in [2.05, 4.69) is 8.57 Å². The van der Waals surface area contributed by atoms with Crippen LogP contribution in [0.1, 0.15) is 0 Å². The molecule has 1 aromatic carbocycles. The molecule has 1 aromatic rings. The molecule has 1 aliphatic rings.